The predicted octanol–water partition coefficient (Wildman–Crippen LogP) is 7.62. The quantitative estimate of drug-likeness (QED) is 0.254. The monoisotopic (exact) mass is 536 g/mol. The molecule has 0 aliphatic heterocycles. The van der Waals surface area contributed by atoms with E-state index < -0.39 is 11.5 Å². The normalized spacial score (nSPS) is 21.7. The molecule has 2 aliphatic rings. The fourth-order valence-corrected chi connectivity index (χ4v) is 6.30. The topological polar surface area (TPSA) is 71.5 Å². The number of anilines is 1. The molecule has 5 nitrogen and oxygen atoms in total. The third-order valence-electron chi connectivity index (χ3n) is 8.19. The van der Waals surface area contributed by atoms with Crippen LogP contribution in [0, 0.1) is 0 Å². The van der Waals surface area contributed by atoms with Crippen molar-refractivity contribution in [2.75, 3.05) is 5.32 Å². The minimum absolute atomic E-state index is 0.245. The van der Waals surface area contributed by atoms with Gasteiger partial charge in [-0.1, -0.05) is 54.1 Å². The van der Waals surface area contributed by atoms with E-state index in [9.17, 15) is 9.90 Å². The number of fused-ring (bicyclic) bond motifs is 2. The SMILES string of the molecule is O=C(O)C1(Nc2cccc(Cl)c2)CCC2(CC1)C(c1ccc(OCc3ccncc3)cc1)=Cc1ccccc12. The smallest absolute Gasteiger partial charge is 0.329 e. The van der Waals surface area contributed by atoms with Crippen molar-refractivity contribution in [1.82, 2.24) is 4.98 Å². The summed E-state index contributed by atoms with van der Waals surface area (Å²) < 4.78 is 6.00. The van der Waals surface area contributed by atoms with Crippen LogP contribution in [-0.2, 0) is 16.8 Å². The third-order valence-corrected chi connectivity index (χ3v) is 8.42. The summed E-state index contributed by atoms with van der Waals surface area (Å²) in [5.74, 6) is -0.0233. The van der Waals surface area contributed by atoms with Crippen molar-refractivity contribution < 1.29 is 14.6 Å². The molecular weight excluding hydrogens is 508 g/mol. The summed E-state index contributed by atoms with van der Waals surface area (Å²) in [5, 5.41) is 14.3. The number of allylic oxidation sites excluding steroid dienone is 1. The van der Waals surface area contributed by atoms with Gasteiger partial charge >= 0.3 is 5.97 Å². The second-order valence-electron chi connectivity index (χ2n) is 10.4. The number of hydrogen-bond donors (Lipinski definition) is 2. The standard InChI is InChI=1S/C33H29ClN2O3/c34-26-5-3-6-27(21-26)36-33(31(37)38)16-14-32(15-17-33)29-7-2-1-4-25(29)20-30(32)24-8-10-28(11-9-24)39-22-23-12-18-35-19-13-23/h1-13,18-21,36H,14-17,22H2,(H,37,38). The van der Waals surface area contributed by atoms with E-state index >= 15 is 0 Å². The van der Waals surface area contributed by atoms with E-state index in [0.717, 1.165) is 35.4 Å². The van der Waals surface area contributed by atoms with Gasteiger partial charge in [0.15, 0.2) is 0 Å². The summed E-state index contributed by atoms with van der Waals surface area (Å²) >= 11 is 6.18. The van der Waals surface area contributed by atoms with Gasteiger partial charge in [-0.3, -0.25) is 4.98 Å². The number of pyridine rings is 1. The van der Waals surface area contributed by atoms with Crippen LogP contribution < -0.4 is 10.1 Å². The lowest BCUT2D eigenvalue weighted by atomic mass is 9.61. The number of nitrogens with zero attached hydrogens (tertiary/aromatic N) is 1. The Labute approximate surface area is 233 Å². The van der Waals surface area contributed by atoms with Gasteiger partial charge in [0.25, 0.3) is 0 Å². The Balaban J connectivity index is 1.27. The van der Waals surface area contributed by atoms with Crippen molar-refractivity contribution in [3.05, 3.63) is 125 Å². The van der Waals surface area contributed by atoms with E-state index in [1.54, 1.807) is 24.5 Å². The highest BCUT2D eigenvalue weighted by molar-refractivity contribution is 6.30. The average Bonchev–Trinajstić information content (AvgIpc) is 3.28. The maximum absolute atomic E-state index is 12.6. The maximum atomic E-state index is 12.6. The fraction of sp³-hybridized carbons (Fsp3) is 0.212. The summed E-state index contributed by atoms with van der Waals surface area (Å²) in [6.07, 6.45) is 8.23. The Morgan fingerprint density at radius 2 is 1.67 bits per heavy atom. The lowest BCUT2D eigenvalue weighted by molar-refractivity contribution is -0.143. The van der Waals surface area contributed by atoms with Crippen LogP contribution in [0.25, 0.3) is 11.6 Å². The molecule has 4 aromatic rings. The summed E-state index contributed by atoms with van der Waals surface area (Å²) in [4.78, 5) is 16.7. The second kappa shape index (κ2) is 10.2. The molecule has 1 fully saturated rings. The number of hydrogen-bond acceptors (Lipinski definition) is 4. The van der Waals surface area contributed by atoms with Gasteiger partial charge in [0.2, 0.25) is 0 Å². The summed E-state index contributed by atoms with van der Waals surface area (Å²) in [7, 11) is 0. The number of halogens is 1. The molecule has 1 spiro atoms. The molecular formula is C33H29ClN2O3. The summed E-state index contributed by atoms with van der Waals surface area (Å²) in [6, 6.07) is 27.9. The Morgan fingerprint density at radius 1 is 0.923 bits per heavy atom. The number of ether oxygens (including phenoxy) is 1. The first-order chi connectivity index (χ1) is 19.0. The van der Waals surface area contributed by atoms with Gasteiger partial charge in [0, 0.05) is 28.5 Å². The molecule has 1 aromatic heterocycles. The number of nitrogens with one attached hydrogen (secondary N) is 1. The van der Waals surface area contributed by atoms with Crippen LogP contribution in [0.2, 0.25) is 5.02 Å². The second-order valence-corrected chi connectivity index (χ2v) is 10.9. The van der Waals surface area contributed by atoms with Crippen molar-refractivity contribution in [3.8, 4) is 5.75 Å². The Kier molecular flexibility index (Phi) is 6.61. The number of carboxylic acid groups (broad SMARTS) is 1. The number of benzene rings is 3. The fourth-order valence-electron chi connectivity index (χ4n) is 6.11. The molecule has 0 radical (unpaired) electrons. The van der Waals surface area contributed by atoms with Crippen molar-refractivity contribution in [2.24, 2.45) is 0 Å². The number of carboxylic acids is 1. The lowest BCUT2D eigenvalue weighted by Gasteiger charge is -2.45. The zero-order valence-corrected chi connectivity index (χ0v) is 22.2. The number of aromatic nitrogens is 1. The molecule has 39 heavy (non-hydrogen) atoms. The first-order valence-electron chi connectivity index (χ1n) is 13.2. The Morgan fingerprint density at radius 3 is 2.38 bits per heavy atom. The van der Waals surface area contributed by atoms with Crippen LogP contribution >= 0.6 is 11.6 Å². The van der Waals surface area contributed by atoms with Crippen LogP contribution in [0.4, 0.5) is 5.69 Å². The van der Waals surface area contributed by atoms with Crippen molar-refractivity contribution in [2.45, 2.75) is 43.2 Å². The van der Waals surface area contributed by atoms with E-state index in [0.29, 0.717) is 24.5 Å². The highest BCUT2D eigenvalue weighted by Gasteiger charge is 2.51. The molecule has 6 rings (SSSR count). The number of aliphatic carboxylic acids is 1. The van der Waals surface area contributed by atoms with Crippen molar-refractivity contribution >= 4 is 34.9 Å². The molecule has 0 saturated heterocycles. The van der Waals surface area contributed by atoms with Gasteiger partial charge in [-0.2, -0.15) is 0 Å². The van der Waals surface area contributed by atoms with E-state index in [-0.39, 0.29) is 5.41 Å². The first kappa shape index (κ1) is 25.2. The average molecular weight is 537 g/mol. The molecule has 1 heterocycles. The lowest BCUT2D eigenvalue weighted by Crippen LogP contribution is -2.52. The first-order valence-corrected chi connectivity index (χ1v) is 13.6. The minimum atomic E-state index is -1.05. The van der Waals surface area contributed by atoms with E-state index in [2.05, 4.69) is 52.8 Å². The molecule has 0 bridgehead atoms. The van der Waals surface area contributed by atoms with Gasteiger partial charge in [0.1, 0.15) is 17.9 Å². The highest BCUT2D eigenvalue weighted by Crippen LogP contribution is 2.56. The minimum Gasteiger partial charge on any atom is -0.489 e. The molecule has 3 aromatic carbocycles. The van der Waals surface area contributed by atoms with E-state index in [4.69, 9.17) is 16.3 Å². The molecule has 0 unspecified atom stereocenters. The highest BCUT2D eigenvalue weighted by atomic mass is 35.5. The van der Waals surface area contributed by atoms with Gasteiger partial charge in [-0.05, 0) is 102 Å². The zero-order valence-electron chi connectivity index (χ0n) is 21.4. The molecule has 6 heteroatoms. The van der Waals surface area contributed by atoms with Gasteiger partial charge in [0.05, 0.1) is 0 Å². The van der Waals surface area contributed by atoms with Crippen LogP contribution in [0.5, 0.6) is 5.75 Å². The molecule has 0 atom stereocenters. The Hall–Kier alpha value is -4.09. The van der Waals surface area contributed by atoms with E-state index in [1.807, 2.05) is 36.4 Å². The van der Waals surface area contributed by atoms with Crippen LogP contribution in [0.1, 0.15) is 47.9 Å². The molecule has 2 aliphatic carbocycles. The van der Waals surface area contributed by atoms with Gasteiger partial charge in [-0.15, -0.1) is 0 Å². The molecule has 2 N–H and O–H groups in total. The summed E-state index contributed by atoms with van der Waals surface area (Å²) in [5.41, 5.74) is 5.35. The van der Waals surface area contributed by atoms with Crippen LogP contribution in [0.15, 0.2) is 97.3 Å². The van der Waals surface area contributed by atoms with Gasteiger partial charge in [-0.25, -0.2) is 4.79 Å². The van der Waals surface area contributed by atoms with E-state index in [1.165, 1.54) is 16.7 Å². The van der Waals surface area contributed by atoms with Crippen LogP contribution in [-0.4, -0.2) is 21.6 Å². The number of carbonyl (C=O) groups is 1. The van der Waals surface area contributed by atoms with Crippen LogP contribution in [0.3, 0.4) is 0 Å². The third kappa shape index (κ3) is 4.79. The number of rotatable bonds is 7. The zero-order chi connectivity index (χ0) is 26.9. The largest absolute Gasteiger partial charge is 0.489 e. The van der Waals surface area contributed by atoms with Crippen molar-refractivity contribution in [1.29, 1.82) is 0 Å². The molecule has 0 amide bonds. The Bertz CT molecular complexity index is 1520. The van der Waals surface area contributed by atoms with Gasteiger partial charge < -0.3 is 15.2 Å². The predicted molar refractivity (Wildman–Crippen MR) is 155 cm³/mol. The molecule has 196 valence electrons. The maximum Gasteiger partial charge on any atom is 0.329 e. The molecule has 1 saturated carbocycles. The van der Waals surface area contributed by atoms with Crippen molar-refractivity contribution in [3.63, 3.8) is 0 Å². The summed E-state index contributed by atoms with van der Waals surface area (Å²) in [6.45, 7) is 0.483.